The van der Waals surface area contributed by atoms with E-state index < -0.39 is 12.0 Å². The molecule has 4 aromatic rings. The minimum Gasteiger partial charge on any atom is -0.385 e. The van der Waals surface area contributed by atoms with Crippen LogP contribution < -0.4 is 10.7 Å². The van der Waals surface area contributed by atoms with Crippen LogP contribution in [0.4, 0.5) is 0 Å². The number of nitriles is 1. The lowest BCUT2D eigenvalue weighted by Gasteiger charge is -2.22. The number of carbonyl (C=O) groups excluding carboxylic acids is 1. The van der Waals surface area contributed by atoms with Crippen molar-refractivity contribution in [2.75, 3.05) is 13.1 Å². The molecule has 0 saturated heterocycles. The topological polar surface area (TPSA) is 111 Å². The number of aromatic nitrogens is 2. The Hall–Kier alpha value is -3.84. The Morgan fingerprint density at radius 3 is 2.72 bits per heavy atom. The normalized spacial score (nSPS) is 12.0. The molecule has 0 radical (unpaired) electrons. The number of rotatable bonds is 9. The van der Waals surface area contributed by atoms with Crippen molar-refractivity contribution >= 4 is 27.5 Å². The number of aliphatic hydroxyl groups is 1. The fourth-order valence-electron chi connectivity index (χ4n) is 3.96. The molecule has 1 aromatic carbocycles. The number of aliphatic hydroxyl groups excluding tert-OH is 1. The summed E-state index contributed by atoms with van der Waals surface area (Å²) in [5, 5.41) is 22.8. The van der Waals surface area contributed by atoms with Crippen molar-refractivity contribution in [3.8, 4) is 6.07 Å². The van der Waals surface area contributed by atoms with Gasteiger partial charge in [0, 0.05) is 44.0 Å². The zero-order chi connectivity index (χ0) is 25.7. The predicted octanol–water partition coefficient (Wildman–Crippen LogP) is 3.35. The number of nitrogens with one attached hydrogen (secondary N) is 1. The van der Waals surface area contributed by atoms with Gasteiger partial charge in [-0.15, -0.1) is 11.3 Å². The number of thiophene rings is 1. The first-order valence-corrected chi connectivity index (χ1v) is 12.4. The van der Waals surface area contributed by atoms with E-state index in [0.717, 1.165) is 21.8 Å². The van der Waals surface area contributed by atoms with Crippen molar-refractivity contribution in [2.24, 2.45) is 7.05 Å². The molecule has 8 nitrogen and oxygen atoms in total. The van der Waals surface area contributed by atoms with E-state index in [1.807, 2.05) is 32.2 Å². The van der Waals surface area contributed by atoms with Gasteiger partial charge in [-0.3, -0.25) is 19.5 Å². The van der Waals surface area contributed by atoms with Gasteiger partial charge in [0.25, 0.3) is 5.91 Å². The average molecular weight is 502 g/mol. The van der Waals surface area contributed by atoms with Crippen molar-refractivity contribution in [3.05, 3.63) is 98.4 Å². The molecule has 0 aliphatic rings. The molecule has 4 rings (SSSR count). The highest BCUT2D eigenvalue weighted by Crippen LogP contribution is 2.25. The number of benzene rings is 1. The third kappa shape index (κ3) is 5.69. The van der Waals surface area contributed by atoms with Crippen LogP contribution in [0.15, 0.2) is 65.7 Å². The molecule has 2 N–H and O–H groups in total. The summed E-state index contributed by atoms with van der Waals surface area (Å²) in [5.74, 6) is -0.441. The number of aryl methyl sites for hydroxylation is 1. The van der Waals surface area contributed by atoms with E-state index in [-0.39, 0.29) is 17.5 Å². The number of nitrogens with zero attached hydrogens (tertiary/aromatic N) is 4. The Morgan fingerprint density at radius 2 is 2.06 bits per heavy atom. The molecule has 1 atom stereocenters. The number of hydrogen-bond acceptors (Lipinski definition) is 7. The van der Waals surface area contributed by atoms with Crippen LogP contribution >= 0.6 is 11.3 Å². The van der Waals surface area contributed by atoms with Crippen LogP contribution in [0.5, 0.6) is 0 Å². The van der Waals surface area contributed by atoms with E-state index >= 15 is 0 Å². The molecule has 0 unspecified atom stereocenters. The number of amides is 1. The molecule has 3 aromatic heterocycles. The van der Waals surface area contributed by atoms with Crippen molar-refractivity contribution in [3.63, 3.8) is 0 Å². The Bertz CT molecular complexity index is 1460. The van der Waals surface area contributed by atoms with Gasteiger partial charge in [0.15, 0.2) is 0 Å². The molecule has 0 saturated carbocycles. The van der Waals surface area contributed by atoms with Gasteiger partial charge in [-0.05, 0) is 42.4 Å². The highest BCUT2D eigenvalue weighted by Gasteiger charge is 2.19. The molecule has 0 spiro atoms. The van der Waals surface area contributed by atoms with Gasteiger partial charge < -0.3 is 15.0 Å². The van der Waals surface area contributed by atoms with Crippen LogP contribution in [-0.4, -0.2) is 38.6 Å². The lowest BCUT2D eigenvalue weighted by molar-refractivity contribution is 0.0949. The van der Waals surface area contributed by atoms with Gasteiger partial charge in [-0.25, -0.2) is 0 Å². The SMILES string of the molecule is CCN(Cc1cc2c(=O)c(C(=O)NCc3ccc(C#N)cc3)cn(C)c2s1)C[C@@H](O)c1ccccn1. The molecule has 36 heavy (non-hydrogen) atoms. The lowest BCUT2D eigenvalue weighted by atomic mass is 10.1. The molecular formula is C27H27N5O3S. The quantitative estimate of drug-likeness (QED) is 0.364. The van der Waals surface area contributed by atoms with E-state index in [1.165, 1.54) is 11.3 Å². The molecular weight excluding hydrogens is 474 g/mol. The molecule has 0 aliphatic carbocycles. The summed E-state index contributed by atoms with van der Waals surface area (Å²) >= 11 is 1.50. The molecule has 184 valence electrons. The summed E-state index contributed by atoms with van der Waals surface area (Å²) < 4.78 is 1.81. The fourth-order valence-corrected chi connectivity index (χ4v) is 5.09. The zero-order valence-corrected chi connectivity index (χ0v) is 21.0. The summed E-state index contributed by atoms with van der Waals surface area (Å²) in [6.45, 7) is 3.98. The molecule has 3 heterocycles. The Morgan fingerprint density at radius 1 is 1.28 bits per heavy atom. The summed E-state index contributed by atoms with van der Waals surface area (Å²) in [7, 11) is 1.82. The fraction of sp³-hybridized carbons (Fsp3) is 0.259. The maximum absolute atomic E-state index is 13.2. The molecule has 1 amide bonds. The highest BCUT2D eigenvalue weighted by molar-refractivity contribution is 7.18. The molecule has 0 fully saturated rings. The van der Waals surface area contributed by atoms with E-state index in [4.69, 9.17) is 5.26 Å². The minimum atomic E-state index is -0.710. The Kier molecular flexibility index (Phi) is 7.90. The monoisotopic (exact) mass is 501 g/mol. The lowest BCUT2D eigenvalue weighted by Crippen LogP contribution is -2.29. The summed E-state index contributed by atoms with van der Waals surface area (Å²) in [6, 6.07) is 16.3. The van der Waals surface area contributed by atoms with Crippen molar-refractivity contribution in [1.82, 2.24) is 19.8 Å². The van der Waals surface area contributed by atoms with E-state index in [2.05, 4.69) is 21.3 Å². The number of fused-ring (bicyclic) bond motifs is 1. The first-order chi connectivity index (χ1) is 17.4. The van der Waals surface area contributed by atoms with Gasteiger partial charge in [0.2, 0.25) is 5.43 Å². The van der Waals surface area contributed by atoms with Crippen LogP contribution in [0.25, 0.3) is 10.2 Å². The van der Waals surface area contributed by atoms with E-state index in [9.17, 15) is 14.7 Å². The van der Waals surface area contributed by atoms with E-state index in [1.54, 1.807) is 47.3 Å². The maximum Gasteiger partial charge on any atom is 0.257 e. The smallest absolute Gasteiger partial charge is 0.257 e. The second-order valence-corrected chi connectivity index (χ2v) is 9.62. The van der Waals surface area contributed by atoms with Gasteiger partial charge in [0.1, 0.15) is 16.5 Å². The predicted molar refractivity (Wildman–Crippen MR) is 140 cm³/mol. The minimum absolute atomic E-state index is 0.0842. The van der Waals surface area contributed by atoms with Crippen LogP contribution in [0, 0.1) is 11.3 Å². The number of pyridine rings is 2. The molecule has 0 aliphatic heterocycles. The van der Waals surface area contributed by atoms with Gasteiger partial charge in [0.05, 0.1) is 22.7 Å². The van der Waals surface area contributed by atoms with Crippen LogP contribution in [0.3, 0.4) is 0 Å². The van der Waals surface area contributed by atoms with Crippen LogP contribution in [0.1, 0.15) is 45.1 Å². The Balaban J connectivity index is 1.49. The number of carbonyl (C=O) groups is 1. The van der Waals surface area contributed by atoms with Gasteiger partial charge >= 0.3 is 0 Å². The average Bonchev–Trinajstić information content (AvgIpc) is 3.34. The second kappa shape index (κ2) is 11.3. The van der Waals surface area contributed by atoms with Crippen molar-refractivity contribution in [1.29, 1.82) is 5.26 Å². The molecule has 0 bridgehead atoms. The van der Waals surface area contributed by atoms with Crippen molar-refractivity contribution < 1.29 is 9.90 Å². The highest BCUT2D eigenvalue weighted by atomic mass is 32.1. The zero-order valence-electron chi connectivity index (χ0n) is 20.1. The number of hydrogen-bond donors (Lipinski definition) is 2. The summed E-state index contributed by atoms with van der Waals surface area (Å²) in [6.07, 6.45) is 2.52. The maximum atomic E-state index is 13.2. The first kappa shape index (κ1) is 25.3. The van der Waals surface area contributed by atoms with Crippen LogP contribution in [0.2, 0.25) is 0 Å². The first-order valence-electron chi connectivity index (χ1n) is 11.6. The van der Waals surface area contributed by atoms with Gasteiger partial charge in [-0.1, -0.05) is 25.1 Å². The second-order valence-electron chi connectivity index (χ2n) is 8.50. The number of likely N-dealkylation sites (N-methyl/N-ethyl adjacent to an activating group) is 1. The third-order valence-corrected chi connectivity index (χ3v) is 7.17. The molecule has 9 heteroatoms. The summed E-state index contributed by atoms with van der Waals surface area (Å²) in [4.78, 5) is 34.1. The Labute approximate surface area is 213 Å². The standard InChI is InChI=1S/C27H27N5O3S/c1-3-32(17-24(33)23-6-4-5-11-29-23)15-20-12-21-25(34)22(16-31(2)27(21)36-20)26(35)30-14-19-9-7-18(13-28)8-10-19/h4-12,16,24,33H,3,14-15,17H2,1-2H3,(H,30,35)/t24-/m1/s1. The van der Waals surface area contributed by atoms with E-state index in [0.29, 0.717) is 29.7 Å². The van der Waals surface area contributed by atoms with Gasteiger partial charge in [-0.2, -0.15) is 5.26 Å². The third-order valence-electron chi connectivity index (χ3n) is 5.96. The summed E-state index contributed by atoms with van der Waals surface area (Å²) in [5.41, 5.74) is 1.79. The van der Waals surface area contributed by atoms with Crippen molar-refractivity contribution in [2.45, 2.75) is 26.1 Å². The largest absolute Gasteiger partial charge is 0.385 e. The van der Waals surface area contributed by atoms with Crippen LogP contribution in [-0.2, 0) is 20.1 Å².